The van der Waals surface area contributed by atoms with Crippen LogP contribution in [0.1, 0.15) is 31.4 Å². The summed E-state index contributed by atoms with van der Waals surface area (Å²) in [5.41, 5.74) is 1.06. The van der Waals surface area contributed by atoms with E-state index in [2.05, 4.69) is 5.32 Å². The van der Waals surface area contributed by atoms with Crippen LogP contribution < -0.4 is 5.32 Å². The summed E-state index contributed by atoms with van der Waals surface area (Å²) in [6.45, 7) is 2.67. The molecule has 0 spiro atoms. The summed E-state index contributed by atoms with van der Waals surface area (Å²) in [6.07, 6.45) is 1.06. The minimum atomic E-state index is -3.57. The van der Waals surface area contributed by atoms with Gasteiger partial charge in [-0.15, -0.1) is 0 Å². The van der Waals surface area contributed by atoms with Crippen LogP contribution in [0.2, 0.25) is 0 Å². The first-order valence-corrected chi connectivity index (χ1v) is 11.7. The molecule has 0 aliphatic carbocycles. The topological polar surface area (TPSA) is 66.5 Å². The summed E-state index contributed by atoms with van der Waals surface area (Å²) in [6, 6.07) is 22.7. The van der Waals surface area contributed by atoms with E-state index in [0.717, 1.165) is 16.3 Å². The highest BCUT2D eigenvalue weighted by Crippen LogP contribution is 2.27. The molecule has 1 aliphatic rings. The van der Waals surface area contributed by atoms with Gasteiger partial charge >= 0.3 is 0 Å². The van der Waals surface area contributed by atoms with Crippen molar-refractivity contribution in [3.8, 4) is 0 Å². The van der Waals surface area contributed by atoms with Crippen LogP contribution in [0.4, 0.5) is 0 Å². The van der Waals surface area contributed by atoms with Crippen molar-refractivity contribution in [1.82, 2.24) is 9.62 Å². The van der Waals surface area contributed by atoms with Gasteiger partial charge in [-0.3, -0.25) is 4.79 Å². The lowest BCUT2D eigenvalue weighted by Gasteiger charge is -2.31. The standard InChI is InChI=1S/C24H26N2O3S/c1-18(19-7-3-2-4-8-19)25-24(27)21-13-15-26(16-14-21)30(28,29)23-12-11-20-9-5-6-10-22(20)17-23/h2-12,17-18,21H,13-16H2,1H3,(H,25,27)/t18-/m1/s1. The van der Waals surface area contributed by atoms with E-state index in [9.17, 15) is 13.2 Å². The van der Waals surface area contributed by atoms with E-state index in [1.807, 2.05) is 67.6 Å². The third-order valence-corrected chi connectivity index (χ3v) is 7.74. The van der Waals surface area contributed by atoms with Gasteiger partial charge in [0.2, 0.25) is 15.9 Å². The van der Waals surface area contributed by atoms with Crippen LogP contribution in [-0.2, 0) is 14.8 Å². The minimum absolute atomic E-state index is 0.00546. The average Bonchev–Trinajstić information content (AvgIpc) is 2.79. The maximum absolute atomic E-state index is 13.1. The molecule has 3 aromatic rings. The Labute approximate surface area is 177 Å². The third-order valence-electron chi connectivity index (χ3n) is 5.84. The van der Waals surface area contributed by atoms with Crippen molar-refractivity contribution in [2.24, 2.45) is 5.92 Å². The van der Waals surface area contributed by atoms with E-state index in [1.165, 1.54) is 4.31 Å². The summed E-state index contributed by atoms with van der Waals surface area (Å²) in [4.78, 5) is 13.0. The predicted octanol–water partition coefficient (Wildman–Crippen LogP) is 4.12. The van der Waals surface area contributed by atoms with E-state index >= 15 is 0 Å². The average molecular weight is 423 g/mol. The number of hydrogen-bond acceptors (Lipinski definition) is 3. The number of rotatable bonds is 5. The number of fused-ring (bicyclic) bond motifs is 1. The summed E-state index contributed by atoms with van der Waals surface area (Å²) >= 11 is 0. The Kier molecular flexibility index (Phi) is 5.88. The molecule has 1 saturated heterocycles. The summed E-state index contributed by atoms with van der Waals surface area (Å²) in [7, 11) is -3.57. The fraction of sp³-hybridized carbons (Fsp3) is 0.292. The van der Waals surface area contributed by atoms with E-state index < -0.39 is 10.0 Å². The molecule has 1 fully saturated rings. The summed E-state index contributed by atoms with van der Waals surface area (Å²) < 4.78 is 27.7. The second-order valence-corrected chi connectivity index (χ2v) is 9.77. The van der Waals surface area contributed by atoms with Crippen LogP contribution in [0.25, 0.3) is 10.8 Å². The first-order valence-electron chi connectivity index (χ1n) is 10.3. The SMILES string of the molecule is C[C@@H](NC(=O)C1CCN(S(=O)(=O)c2ccc3ccccc3c2)CC1)c1ccccc1. The van der Waals surface area contributed by atoms with E-state index in [1.54, 1.807) is 12.1 Å². The van der Waals surface area contributed by atoms with Gasteiger partial charge in [0.25, 0.3) is 0 Å². The van der Waals surface area contributed by atoms with Gasteiger partial charge in [-0.1, -0.05) is 60.7 Å². The molecule has 1 aliphatic heterocycles. The largest absolute Gasteiger partial charge is 0.349 e. The molecular formula is C24H26N2O3S. The van der Waals surface area contributed by atoms with E-state index in [-0.39, 0.29) is 17.9 Å². The van der Waals surface area contributed by atoms with Crippen LogP contribution >= 0.6 is 0 Å². The summed E-state index contributed by atoms with van der Waals surface area (Å²) in [5, 5.41) is 4.98. The molecule has 4 rings (SSSR count). The lowest BCUT2D eigenvalue weighted by Crippen LogP contribution is -2.43. The second kappa shape index (κ2) is 8.58. The number of carbonyl (C=O) groups is 1. The van der Waals surface area contributed by atoms with Crippen molar-refractivity contribution in [1.29, 1.82) is 0 Å². The Morgan fingerprint density at radius 3 is 2.27 bits per heavy atom. The molecule has 0 aromatic heterocycles. The quantitative estimate of drug-likeness (QED) is 0.673. The maximum atomic E-state index is 13.1. The molecule has 30 heavy (non-hydrogen) atoms. The Balaban J connectivity index is 1.40. The first-order chi connectivity index (χ1) is 14.4. The molecular weight excluding hydrogens is 396 g/mol. The maximum Gasteiger partial charge on any atom is 0.243 e. The number of benzene rings is 3. The normalized spacial score (nSPS) is 17.0. The number of nitrogens with zero attached hydrogens (tertiary/aromatic N) is 1. The molecule has 1 heterocycles. The first kappa shape index (κ1) is 20.6. The Morgan fingerprint density at radius 2 is 1.57 bits per heavy atom. The molecule has 0 bridgehead atoms. The van der Waals surface area contributed by atoms with Crippen molar-refractivity contribution < 1.29 is 13.2 Å². The van der Waals surface area contributed by atoms with E-state index in [0.29, 0.717) is 30.8 Å². The van der Waals surface area contributed by atoms with Crippen molar-refractivity contribution in [2.45, 2.75) is 30.7 Å². The lowest BCUT2D eigenvalue weighted by molar-refractivity contribution is -0.126. The van der Waals surface area contributed by atoms with Crippen molar-refractivity contribution in [3.63, 3.8) is 0 Å². The second-order valence-electron chi connectivity index (χ2n) is 7.83. The van der Waals surface area contributed by atoms with Gasteiger partial charge in [-0.25, -0.2) is 8.42 Å². The fourth-order valence-electron chi connectivity index (χ4n) is 3.99. The van der Waals surface area contributed by atoms with Gasteiger partial charge in [0.15, 0.2) is 0 Å². The van der Waals surface area contributed by atoms with Gasteiger partial charge in [0, 0.05) is 19.0 Å². The highest BCUT2D eigenvalue weighted by Gasteiger charge is 2.32. The molecule has 0 radical (unpaired) electrons. The van der Waals surface area contributed by atoms with Gasteiger partial charge in [0.1, 0.15) is 0 Å². The van der Waals surface area contributed by atoms with Gasteiger partial charge in [-0.05, 0) is 48.2 Å². The number of sulfonamides is 1. The Hall–Kier alpha value is -2.70. The van der Waals surface area contributed by atoms with Crippen molar-refractivity contribution in [3.05, 3.63) is 78.4 Å². The number of nitrogens with one attached hydrogen (secondary N) is 1. The van der Waals surface area contributed by atoms with Crippen LogP contribution in [-0.4, -0.2) is 31.7 Å². The molecule has 5 nitrogen and oxygen atoms in total. The lowest BCUT2D eigenvalue weighted by atomic mass is 9.96. The van der Waals surface area contributed by atoms with Crippen LogP contribution in [0.5, 0.6) is 0 Å². The molecule has 0 unspecified atom stereocenters. The molecule has 1 atom stereocenters. The molecule has 0 saturated carbocycles. The summed E-state index contributed by atoms with van der Waals surface area (Å²) in [5.74, 6) is -0.173. The number of amides is 1. The zero-order chi connectivity index (χ0) is 21.1. The molecule has 6 heteroatoms. The number of carbonyl (C=O) groups excluding carboxylic acids is 1. The Bertz CT molecular complexity index is 1140. The molecule has 1 N–H and O–H groups in total. The fourth-order valence-corrected chi connectivity index (χ4v) is 5.50. The number of piperidine rings is 1. The highest BCUT2D eigenvalue weighted by atomic mass is 32.2. The Morgan fingerprint density at radius 1 is 0.933 bits per heavy atom. The monoisotopic (exact) mass is 422 g/mol. The third kappa shape index (κ3) is 4.25. The smallest absolute Gasteiger partial charge is 0.243 e. The van der Waals surface area contributed by atoms with Gasteiger partial charge in [-0.2, -0.15) is 4.31 Å². The predicted molar refractivity (Wildman–Crippen MR) is 118 cm³/mol. The zero-order valence-electron chi connectivity index (χ0n) is 17.0. The van der Waals surface area contributed by atoms with Crippen molar-refractivity contribution >= 4 is 26.7 Å². The van der Waals surface area contributed by atoms with Crippen LogP contribution in [0.3, 0.4) is 0 Å². The molecule has 156 valence electrons. The van der Waals surface area contributed by atoms with Crippen LogP contribution in [0.15, 0.2) is 77.7 Å². The molecule has 3 aromatic carbocycles. The van der Waals surface area contributed by atoms with Gasteiger partial charge in [0.05, 0.1) is 10.9 Å². The minimum Gasteiger partial charge on any atom is -0.349 e. The molecule has 1 amide bonds. The number of hydrogen-bond donors (Lipinski definition) is 1. The van der Waals surface area contributed by atoms with Gasteiger partial charge < -0.3 is 5.32 Å². The van der Waals surface area contributed by atoms with E-state index in [4.69, 9.17) is 0 Å². The van der Waals surface area contributed by atoms with Crippen molar-refractivity contribution in [2.75, 3.05) is 13.1 Å². The zero-order valence-corrected chi connectivity index (χ0v) is 17.8. The highest BCUT2D eigenvalue weighted by molar-refractivity contribution is 7.89. The van der Waals surface area contributed by atoms with Crippen LogP contribution in [0, 0.1) is 5.92 Å².